The second-order valence-corrected chi connectivity index (χ2v) is 4.56. The largest absolute Gasteiger partial charge is 0.449 e. The van der Waals surface area contributed by atoms with Gasteiger partial charge in [-0.05, 0) is 24.1 Å². The van der Waals surface area contributed by atoms with Gasteiger partial charge < -0.3 is 4.74 Å². The molecule has 0 aliphatic carbocycles. The lowest BCUT2D eigenvalue weighted by Gasteiger charge is -2.08. The number of nitriles is 1. The number of nitro groups is 2. The lowest BCUT2D eigenvalue weighted by Crippen LogP contribution is -1.97. The first-order valence-electron chi connectivity index (χ1n) is 6.60. The highest BCUT2D eigenvalue weighted by atomic mass is 16.6. The van der Waals surface area contributed by atoms with Gasteiger partial charge in [0.25, 0.3) is 5.69 Å². The van der Waals surface area contributed by atoms with Crippen molar-refractivity contribution in [1.82, 2.24) is 0 Å². The summed E-state index contributed by atoms with van der Waals surface area (Å²) in [5, 5.41) is 30.9. The normalized spacial score (nSPS) is 9.91. The molecule has 2 aromatic carbocycles. The molecule has 0 bridgehead atoms. The van der Waals surface area contributed by atoms with Gasteiger partial charge in [0, 0.05) is 18.2 Å². The average Bonchev–Trinajstić information content (AvgIpc) is 2.55. The van der Waals surface area contributed by atoms with Crippen molar-refractivity contribution in [3.63, 3.8) is 0 Å². The van der Waals surface area contributed by atoms with Crippen LogP contribution in [0.3, 0.4) is 0 Å². The molecule has 0 saturated heterocycles. The molecule has 8 heteroatoms. The van der Waals surface area contributed by atoms with E-state index in [1.165, 1.54) is 24.3 Å². The maximum Gasteiger partial charge on any atom is 0.311 e. The molecule has 0 amide bonds. The molecule has 0 atom stereocenters. The van der Waals surface area contributed by atoms with Crippen molar-refractivity contribution in [1.29, 1.82) is 5.26 Å². The summed E-state index contributed by atoms with van der Waals surface area (Å²) in [5.41, 5.74) is 0.206. The van der Waals surface area contributed by atoms with Crippen LogP contribution in [0, 0.1) is 31.6 Å². The van der Waals surface area contributed by atoms with Crippen molar-refractivity contribution in [3.8, 4) is 17.6 Å². The first-order valence-corrected chi connectivity index (χ1v) is 6.60. The fourth-order valence-electron chi connectivity index (χ4n) is 1.94. The quantitative estimate of drug-likeness (QED) is 0.612. The maximum absolute atomic E-state index is 11.1. The Kier molecular flexibility index (Phi) is 4.52. The fraction of sp³-hybridized carbons (Fsp3) is 0.133. The van der Waals surface area contributed by atoms with E-state index in [1.807, 2.05) is 6.92 Å². The third-order valence-electron chi connectivity index (χ3n) is 3.14. The molecule has 116 valence electrons. The molecule has 23 heavy (non-hydrogen) atoms. The second-order valence-electron chi connectivity index (χ2n) is 4.56. The highest BCUT2D eigenvalue weighted by Gasteiger charge is 2.19. The smallest absolute Gasteiger partial charge is 0.311 e. The molecule has 0 heterocycles. The maximum atomic E-state index is 11.1. The van der Waals surface area contributed by atoms with Crippen molar-refractivity contribution in [2.75, 3.05) is 0 Å². The van der Waals surface area contributed by atoms with Crippen LogP contribution in [0.2, 0.25) is 0 Å². The molecule has 2 rings (SSSR count). The van der Waals surface area contributed by atoms with E-state index in [9.17, 15) is 20.2 Å². The minimum Gasteiger partial charge on any atom is -0.449 e. The van der Waals surface area contributed by atoms with Crippen LogP contribution < -0.4 is 4.74 Å². The molecule has 0 fully saturated rings. The summed E-state index contributed by atoms with van der Waals surface area (Å²) >= 11 is 0. The van der Waals surface area contributed by atoms with Crippen LogP contribution in [0.15, 0.2) is 36.4 Å². The number of rotatable bonds is 5. The van der Waals surface area contributed by atoms with Gasteiger partial charge in [-0.2, -0.15) is 5.26 Å². The summed E-state index contributed by atoms with van der Waals surface area (Å²) < 4.78 is 5.44. The SMILES string of the molecule is CCc1ccc(Oc2ccc([N+](=O)[O-])cc2C#N)c([N+](=O)[O-])c1. The summed E-state index contributed by atoms with van der Waals surface area (Å²) in [7, 11) is 0. The number of ether oxygens (including phenoxy) is 1. The molecular weight excluding hydrogens is 302 g/mol. The summed E-state index contributed by atoms with van der Waals surface area (Å²) in [6.45, 7) is 1.86. The van der Waals surface area contributed by atoms with Crippen LogP contribution in [-0.4, -0.2) is 9.85 Å². The number of nitrogens with zero attached hydrogens (tertiary/aromatic N) is 3. The summed E-state index contributed by atoms with van der Waals surface area (Å²) in [6.07, 6.45) is 0.627. The molecule has 0 N–H and O–H groups in total. The van der Waals surface area contributed by atoms with E-state index in [0.29, 0.717) is 6.42 Å². The highest BCUT2D eigenvalue weighted by Crippen LogP contribution is 2.34. The molecule has 0 aliphatic rings. The van der Waals surface area contributed by atoms with Crippen LogP contribution in [0.1, 0.15) is 18.1 Å². The van der Waals surface area contributed by atoms with Crippen LogP contribution in [0.4, 0.5) is 11.4 Å². The molecule has 0 unspecified atom stereocenters. The first kappa shape index (κ1) is 15.9. The van der Waals surface area contributed by atoms with E-state index < -0.39 is 9.85 Å². The Morgan fingerprint density at radius 1 is 1.09 bits per heavy atom. The third kappa shape index (κ3) is 3.41. The Bertz CT molecular complexity index is 826. The molecule has 0 aliphatic heterocycles. The van der Waals surface area contributed by atoms with Gasteiger partial charge in [-0.25, -0.2) is 0 Å². The van der Waals surface area contributed by atoms with Crippen molar-refractivity contribution >= 4 is 11.4 Å². The van der Waals surface area contributed by atoms with Crippen molar-refractivity contribution in [2.45, 2.75) is 13.3 Å². The summed E-state index contributed by atoms with van der Waals surface area (Å²) in [5.74, 6) is -0.0111. The molecule has 0 radical (unpaired) electrons. The predicted octanol–water partition coefficient (Wildman–Crippen LogP) is 3.73. The van der Waals surface area contributed by atoms with E-state index in [2.05, 4.69) is 0 Å². The van der Waals surface area contributed by atoms with Gasteiger partial charge in [0.1, 0.15) is 17.4 Å². The highest BCUT2D eigenvalue weighted by molar-refractivity contribution is 5.55. The van der Waals surface area contributed by atoms with Crippen LogP contribution in [-0.2, 0) is 6.42 Å². The predicted molar refractivity (Wildman–Crippen MR) is 80.4 cm³/mol. The van der Waals surface area contributed by atoms with E-state index in [4.69, 9.17) is 10.00 Å². The molecule has 2 aromatic rings. The van der Waals surface area contributed by atoms with Gasteiger partial charge >= 0.3 is 5.69 Å². The number of hydrogen-bond acceptors (Lipinski definition) is 6. The zero-order chi connectivity index (χ0) is 17.0. The number of hydrogen-bond donors (Lipinski definition) is 0. The molecule has 0 saturated carbocycles. The van der Waals surface area contributed by atoms with Crippen molar-refractivity contribution in [2.24, 2.45) is 0 Å². The Balaban J connectivity index is 2.45. The Hall–Kier alpha value is -3.47. The van der Waals surface area contributed by atoms with Gasteiger partial charge in [0.15, 0.2) is 0 Å². The summed E-state index contributed by atoms with van der Waals surface area (Å²) in [6, 6.07) is 9.77. The Morgan fingerprint density at radius 2 is 1.78 bits per heavy atom. The number of nitro benzene ring substituents is 2. The standard InChI is InChI=1S/C15H11N3O5/c1-2-10-3-5-15(13(7-10)18(21)22)23-14-6-4-12(17(19)20)8-11(14)9-16/h3-8H,2H2,1H3. The van der Waals surface area contributed by atoms with Gasteiger partial charge in [0.2, 0.25) is 5.75 Å². The lowest BCUT2D eigenvalue weighted by atomic mass is 10.1. The van der Waals surface area contributed by atoms with Crippen LogP contribution >= 0.6 is 0 Å². The minimum absolute atomic E-state index is 0.0189. The van der Waals surface area contributed by atoms with Crippen molar-refractivity contribution < 1.29 is 14.6 Å². The molecule has 0 spiro atoms. The average molecular weight is 313 g/mol. The summed E-state index contributed by atoms with van der Waals surface area (Å²) in [4.78, 5) is 20.7. The number of aryl methyl sites for hydroxylation is 1. The van der Waals surface area contributed by atoms with Crippen molar-refractivity contribution in [3.05, 3.63) is 67.8 Å². The van der Waals surface area contributed by atoms with Crippen LogP contribution in [0.25, 0.3) is 0 Å². The number of benzene rings is 2. The topological polar surface area (TPSA) is 119 Å². The monoisotopic (exact) mass is 313 g/mol. The Labute approximate surface area is 130 Å². The van der Waals surface area contributed by atoms with Gasteiger partial charge in [-0.1, -0.05) is 13.0 Å². The third-order valence-corrected chi connectivity index (χ3v) is 3.14. The van der Waals surface area contributed by atoms with E-state index >= 15 is 0 Å². The zero-order valence-electron chi connectivity index (χ0n) is 12.1. The van der Waals surface area contributed by atoms with E-state index in [-0.39, 0.29) is 28.4 Å². The van der Waals surface area contributed by atoms with Gasteiger partial charge in [-0.15, -0.1) is 0 Å². The van der Waals surface area contributed by atoms with Gasteiger partial charge in [0.05, 0.1) is 9.85 Å². The van der Waals surface area contributed by atoms with E-state index in [0.717, 1.165) is 11.6 Å². The minimum atomic E-state index is -0.636. The zero-order valence-corrected chi connectivity index (χ0v) is 12.1. The second kappa shape index (κ2) is 6.53. The molecular formula is C15H11N3O5. The Morgan fingerprint density at radius 3 is 2.35 bits per heavy atom. The molecule has 8 nitrogen and oxygen atoms in total. The van der Waals surface area contributed by atoms with Crippen LogP contribution in [0.5, 0.6) is 11.5 Å². The fourth-order valence-corrected chi connectivity index (χ4v) is 1.94. The van der Waals surface area contributed by atoms with E-state index in [1.54, 1.807) is 12.1 Å². The van der Waals surface area contributed by atoms with Gasteiger partial charge in [-0.3, -0.25) is 20.2 Å². The number of non-ortho nitro benzene ring substituents is 1. The lowest BCUT2D eigenvalue weighted by molar-refractivity contribution is -0.385. The molecule has 0 aromatic heterocycles. The first-order chi connectivity index (χ1) is 11.0.